The normalized spacial score (nSPS) is 9.18. The summed E-state index contributed by atoms with van der Waals surface area (Å²) in [6.07, 6.45) is 0. The van der Waals surface area contributed by atoms with Crippen LogP contribution in [0, 0.1) is 0 Å². The third-order valence-electron chi connectivity index (χ3n) is 2.17. The molecule has 0 amide bonds. The molecule has 0 aromatic heterocycles. The van der Waals surface area contributed by atoms with Crippen LogP contribution in [0.5, 0.6) is 0 Å². The fourth-order valence-corrected chi connectivity index (χ4v) is 1.48. The Kier molecular flexibility index (Phi) is 26.0. The van der Waals surface area contributed by atoms with E-state index in [0.29, 0.717) is 0 Å². The van der Waals surface area contributed by atoms with Crippen LogP contribution >= 0.6 is 0 Å². The van der Waals surface area contributed by atoms with Crippen molar-refractivity contribution in [3.8, 4) is 0 Å². The third kappa shape index (κ3) is 35.4. The maximum Gasteiger partial charge on any atom is 1.00 e. The molecule has 0 atom stereocenters. The van der Waals surface area contributed by atoms with E-state index in [-0.39, 0.29) is 49.3 Å². The summed E-state index contributed by atoms with van der Waals surface area (Å²) in [6, 6.07) is 0. The van der Waals surface area contributed by atoms with Gasteiger partial charge < -0.3 is 35.4 Å². The Morgan fingerprint density at radius 1 is 0.714 bits per heavy atom. The van der Waals surface area contributed by atoms with Crippen LogP contribution < -0.4 is 34.7 Å². The number of hydrogen-bond acceptors (Lipinski definition) is 9. The van der Waals surface area contributed by atoms with Crippen molar-refractivity contribution in [1.29, 1.82) is 0 Å². The van der Waals surface area contributed by atoms with Gasteiger partial charge in [-0.05, 0) is 13.8 Å². The zero-order valence-corrected chi connectivity index (χ0v) is 18.0. The molecule has 13 nitrogen and oxygen atoms in total. The summed E-state index contributed by atoms with van der Waals surface area (Å²) in [4.78, 5) is 53.3. The van der Waals surface area contributed by atoms with Gasteiger partial charge in [-0.3, -0.25) is 29.0 Å². The molecule has 0 aliphatic carbocycles. The van der Waals surface area contributed by atoms with Crippen molar-refractivity contribution in [2.75, 3.05) is 45.9 Å². The van der Waals surface area contributed by atoms with Gasteiger partial charge in [0.1, 0.15) is 0 Å². The Balaban J connectivity index is -0.000000310. The maximum atomic E-state index is 10.6. The number of carboxylic acid groups (broad SMARTS) is 5. The standard InChI is InChI=1S/C10H16N2O8.C2H4O2.C2H6O.Na/c13-7(14)3-11(4-8(15)16)1-2-12(5-9(17)18)6-10(19)20;1-2(3)4;1-2-3;/h1-6H2,(H,13,14)(H,15,16)(H,17,18)(H,19,20);1H3,(H,3,4);3H,2H2,1H3;/q;;;+1/p-1. The molecule has 0 saturated carbocycles. The predicted molar refractivity (Wildman–Crippen MR) is 86.9 cm³/mol. The minimum Gasteiger partial charge on any atom is -0.550 e. The summed E-state index contributed by atoms with van der Waals surface area (Å²) in [7, 11) is 0. The largest absolute Gasteiger partial charge is 1.00 e. The Hall–Kier alpha value is -1.77. The molecule has 0 spiro atoms. The van der Waals surface area contributed by atoms with E-state index in [1.807, 2.05) is 0 Å². The van der Waals surface area contributed by atoms with Gasteiger partial charge in [0.05, 0.1) is 26.2 Å². The quantitative estimate of drug-likeness (QED) is 0.197. The molecule has 0 heterocycles. The summed E-state index contributed by atoms with van der Waals surface area (Å²) >= 11 is 0. The van der Waals surface area contributed by atoms with Crippen molar-refractivity contribution in [1.82, 2.24) is 9.80 Å². The maximum absolute atomic E-state index is 10.6. The van der Waals surface area contributed by atoms with Crippen molar-refractivity contribution < 1.29 is 84.2 Å². The Bertz CT molecular complexity index is 416. The van der Waals surface area contributed by atoms with Crippen LogP contribution in [-0.4, -0.2) is 111 Å². The van der Waals surface area contributed by atoms with Crippen LogP contribution in [-0.2, 0) is 24.0 Å². The number of rotatable bonds is 11. The number of carbonyl (C=O) groups is 5. The van der Waals surface area contributed by atoms with E-state index in [1.54, 1.807) is 6.92 Å². The molecule has 0 fully saturated rings. The number of nitrogens with zero attached hydrogens (tertiary/aromatic N) is 2. The van der Waals surface area contributed by atoms with Crippen molar-refractivity contribution in [2.45, 2.75) is 13.8 Å². The van der Waals surface area contributed by atoms with Gasteiger partial charge in [-0.2, -0.15) is 0 Å². The Labute approximate surface area is 183 Å². The van der Waals surface area contributed by atoms with Gasteiger partial charge in [0.25, 0.3) is 0 Å². The van der Waals surface area contributed by atoms with Gasteiger partial charge >= 0.3 is 53.4 Å². The van der Waals surface area contributed by atoms with E-state index in [9.17, 15) is 19.2 Å². The first-order valence-corrected chi connectivity index (χ1v) is 7.45. The number of carbonyl (C=O) groups excluding carboxylic acids is 1. The predicted octanol–water partition coefficient (Wildman–Crippen LogP) is -6.31. The topological polar surface area (TPSA) is 216 Å². The minimum atomic E-state index is -1.23. The summed E-state index contributed by atoms with van der Waals surface area (Å²) < 4.78 is 0. The number of aliphatic carboxylic acids is 5. The molecule has 158 valence electrons. The first-order valence-electron chi connectivity index (χ1n) is 7.45. The van der Waals surface area contributed by atoms with E-state index < -0.39 is 56.0 Å². The smallest absolute Gasteiger partial charge is 0.550 e. The van der Waals surface area contributed by atoms with Crippen LogP contribution in [0.4, 0.5) is 0 Å². The average Bonchev–Trinajstić information content (AvgIpc) is 2.42. The van der Waals surface area contributed by atoms with Crippen molar-refractivity contribution in [2.24, 2.45) is 0 Å². The number of hydrogen-bond donors (Lipinski definition) is 5. The zero-order chi connectivity index (χ0) is 22.0. The molecule has 0 aromatic carbocycles. The summed E-state index contributed by atoms with van der Waals surface area (Å²) in [6.45, 7) is 0.652. The van der Waals surface area contributed by atoms with E-state index in [1.165, 1.54) is 0 Å². The first kappa shape index (κ1) is 33.8. The van der Waals surface area contributed by atoms with Crippen LogP contribution in [0.15, 0.2) is 0 Å². The van der Waals surface area contributed by atoms with Gasteiger partial charge in [-0.1, -0.05) is 0 Å². The first-order chi connectivity index (χ1) is 12.3. The molecule has 0 aliphatic rings. The molecule has 0 radical (unpaired) electrons. The van der Waals surface area contributed by atoms with Crippen LogP contribution in [0.25, 0.3) is 0 Å². The van der Waals surface area contributed by atoms with Gasteiger partial charge in [-0.15, -0.1) is 0 Å². The van der Waals surface area contributed by atoms with Gasteiger partial charge in [0, 0.05) is 25.7 Å². The van der Waals surface area contributed by atoms with Crippen molar-refractivity contribution >= 4 is 29.8 Å². The van der Waals surface area contributed by atoms with Crippen molar-refractivity contribution in [3.63, 3.8) is 0 Å². The monoisotopic (exact) mass is 420 g/mol. The second-order valence-corrected chi connectivity index (χ2v) is 4.80. The molecule has 0 aliphatic heterocycles. The minimum absolute atomic E-state index is 0. The molecule has 5 N–H and O–H groups in total. The second-order valence-electron chi connectivity index (χ2n) is 4.80. The van der Waals surface area contributed by atoms with Crippen molar-refractivity contribution in [3.05, 3.63) is 0 Å². The molecule has 0 unspecified atom stereocenters. The third-order valence-corrected chi connectivity index (χ3v) is 2.17. The molecule has 0 bridgehead atoms. The van der Waals surface area contributed by atoms with E-state index in [2.05, 4.69) is 0 Å². The zero-order valence-electron chi connectivity index (χ0n) is 16.0. The Morgan fingerprint density at radius 3 is 0.964 bits per heavy atom. The summed E-state index contributed by atoms with van der Waals surface area (Å²) in [5, 5.41) is 50.9. The van der Waals surface area contributed by atoms with E-state index >= 15 is 0 Å². The molecule has 0 saturated heterocycles. The molecule has 0 rings (SSSR count). The second kappa shape index (κ2) is 21.5. The Morgan fingerprint density at radius 2 is 0.857 bits per heavy atom. The molecule has 14 heteroatoms. The van der Waals surface area contributed by atoms with Crippen LogP contribution in [0.1, 0.15) is 13.8 Å². The number of aliphatic hydroxyl groups excluding tert-OH is 1. The molecule has 0 aromatic rings. The summed E-state index contributed by atoms with van der Waals surface area (Å²) in [5.41, 5.74) is 0. The summed E-state index contributed by atoms with van der Waals surface area (Å²) in [5.74, 6) is -5.99. The van der Waals surface area contributed by atoms with E-state index in [4.69, 9.17) is 35.4 Å². The van der Waals surface area contributed by atoms with Gasteiger partial charge in [-0.25, -0.2) is 0 Å². The molecule has 28 heavy (non-hydrogen) atoms. The van der Waals surface area contributed by atoms with Crippen LogP contribution in [0.3, 0.4) is 0 Å². The average molecular weight is 420 g/mol. The van der Waals surface area contributed by atoms with Gasteiger partial charge in [0.2, 0.25) is 0 Å². The number of aliphatic hydroxyl groups is 1. The SMILES string of the molecule is CC(=O)[O-].CCO.O=C(O)CN(CCN(CC(=O)O)CC(=O)O)CC(=O)O.[Na+]. The van der Waals surface area contributed by atoms with Crippen LogP contribution in [0.2, 0.25) is 0 Å². The fourth-order valence-electron chi connectivity index (χ4n) is 1.48. The molecular formula is C14H25N2NaO11. The fraction of sp³-hybridized carbons (Fsp3) is 0.643. The van der Waals surface area contributed by atoms with Gasteiger partial charge in [0.15, 0.2) is 0 Å². The number of carboxylic acids is 5. The molecular weight excluding hydrogens is 395 g/mol. The van der Waals surface area contributed by atoms with E-state index in [0.717, 1.165) is 16.7 Å².